The van der Waals surface area contributed by atoms with Crippen LogP contribution in [-0.4, -0.2) is 23.5 Å². The van der Waals surface area contributed by atoms with Crippen LogP contribution >= 0.6 is 0 Å². The van der Waals surface area contributed by atoms with E-state index in [1.54, 1.807) is 0 Å². The Morgan fingerprint density at radius 2 is 1.96 bits per heavy atom. The fraction of sp³-hybridized carbons (Fsp3) is 0.650. The van der Waals surface area contributed by atoms with Crippen LogP contribution < -0.4 is 5.73 Å². The van der Waals surface area contributed by atoms with E-state index in [1.165, 1.54) is 43.2 Å². The first-order chi connectivity index (χ1) is 10.9. The molecule has 23 heavy (non-hydrogen) atoms. The molecule has 1 aliphatic carbocycles. The Kier molecular flexibility index (Phi) is 4.49. The first kappa shape index (κ1) is 16.5. The minimum absolute atomic E-state index is 0.0528. The van der Waals surface area contributed by atoms with Gasteiger partial charge in [-0.3, -0.25) is 4.90 Å². The molecule has 124 valence electrons. The van der Waals surface area contributed by atoms with E-state index in [9.17, 15) is 0 Å². The fourth-order valence-corrected chi connectivity index (χ4v) is 4.44. The molecule has 1 aromatic carbocycles. The molecule has 0 saturated heterocycles. The van der Waals surface area contributed by atoms with Crippen LogP contribution in [0.3, 0.4) is 0 Å². The molecule has 2 aliphatic rings. The molecule has 0 unspecified atom stereocenters. The topological polar surface area (TPSA) is 53.0 Å². The third-order valence-electron chi connectivity index (χ3n) is 5.75. The molecule has 1 aromatic rings. The minimum Gasteiger partial charge on any atom is -0.325 e. The average molecular weight is 311 g/mol. The van der Waals surface area contributed by atoms with Gasteiger partial charge in [0, 0.05) is 30.6 Å². The van der Waals surface area contributed by atoms with E-state index < -0.39 is 0 Å². The second kappa shape index (κ2) is 6.26. The van der Waals surface area contributed by atoms with Crippen molar-refractivity contribution in [3.63, 3.8) is 0 Å². The molecule has 0 bridgehead atoms. The van der Waals surface area contributed by atoms with Gasteiger partial charge in [-0.25, -0.2) is 0 Å². The van der Waals surface area contributed by atoms with E-state index in [0.717, 1.165) is 31.6 Å². The van der Waals surface area contributed by atoms with Crippen molar-refractivity contribution < 1.29 is 0 Å². The lowest BCUT2D eigenvalue weighted by atomic mass is 9.77. The highest BCUT2D eigenvalue weighted by Crippen LogP contribution is 2.35. The number of nitrogens with two attached hydrogens (primary N) is 1. The zero-order valence-corrected chi connectivity index (χ0v) is 14.6. The van der Waals surface area contributed by atoms with Crippen LogP contribution in [0.25, 0.3) is 0 Å². The maximum absolute atomic E-state index is 9.16. The van der Waals surface area contributed by atoms with Crippen molar-refractivity contribution in [1.82, 2.24) is 4.90 Å². The van der Waals surface area contributed by atoms with E-state index in [0.29, 0.717) is 0 Å². The normalized spacial score (nSPS) is 23.0. The third kappa shape index (κ3) is 3.59. The first-order valence-corrected chi connectivity index (χ1v) is 8.97. The predicted octanol–water partition coefficient (Wildman–Crippen LogP) is 3.70. The zero-order valence-electron chi connectivity index (χ0n) is 14.6. The molecule has 0 amide bonds. The molecule has 3 rings (SSSR count). The summed E-state index contributed by atoms with van der Waals surface area (Å²) in [7, 11) is 0. The highest BCUT2D eigenvalue weighted by atomic mass is 15.1. The lowest BCUT2D eigenvalue weighted by Crippen LogP contribution is -2.47. The fourth-order valence-electron chi connectivity index (χ4n) is 4.44. The largest absolute Gasteiger partial charge is 0.325 e. The summed E-state index contributed by atoms with van der Waals surface area (Å²) in [6.45, 7) is 7.70. The molecule has 0 aromatic heterocycles. The number of nitrogens with zero attached hydrogens (tertiary/aromatic N) is 2. The second-order valence-electron chi connectivity index (χ2n) is 8.25. The van der Waals surface area contributed by atoms with Crippen LogP contribution in [0.5, 0.6) is 0 Å². The van der Waals surface area contributed by atoms with Crippen molar-refractivity contribution in [2.45, 2.75) is 69.9 Å². The van der Waals surface area contributed by atoms with Crippen LogP contribution in [0.15, 0.2) is 18.2 Å². The molecule has 1 heterocycles. The molecule has 0 spiro atoms. The summed E-state index contributed by atoms with van der Waals surface area (Å²) in [5, 5.41) is 9.16. The van der Waals surface area contributed by atoms with Gasteiger partial charge in [-0.15, -0.1) is 0 Å². The van der Waals surface area contributed by atoms with Crippen molar-refractivity contribution in [2.24, 2.45) is 5.73 Å². The maximum Gasteiger partial charge on any atom is 0.0991 e. The standard InChI is InChI=1S/C20H29N3/c1-19(2)15-23(11-10-20(22)8-4-3-5-9-20)14-17-12-16(13-21)6-7-18(17)19/h6-7,12H,3-5,8-11,14-15,22H2,1-2H3. The number of hydrogen-bond donors (Lipinski definition) is 1. The summed E-state index contributed by atoms with van der Waals surface area (Å²) < 4.78 is 0. The molecular weight excluding hydrogens is 282 g/mol. The quantitative estimate of drug-likeness (QED) is 0.926. The van der Waals surface area contributed by atoms with Crippen molar-refractivity contribution in [3.05, 3.63) is 34.9 Å². The highest BCUT2D eigenvalue weighted by Gasteiger charge is 2.33. The smallest absolute Gasteiger partial charge is 0.0991 e. The van der Waals surface area contributed by atoms with Gasteiger partial charge in [0.1, 0.15) is 0 Å². The lowest BCUT2D eigenvalue weighted by Gasteiger charge is -2.42. The summed E-state index contributed by atoms with van der Waals surface area (Å²) in [4.78, 5) is 2.53. The Hall–Kier alpha value is -1.37. The number of rotatable bonds is 3. The molecule has 3 heteroatoms. The highest BCUT2D eigenvalue weighted by molar-refractivity contribution is 5.43. The van der Waals surface area contributed by atoms with E-state index >= 15 is 0 Å². The zero-order chi connectivity index (χ0) is 16.5. The number of fused-ring (bicyclic) bond motifs is 1. The van der Waals surface area contributed by atoms with Gasteiger partial charge in [0.05, 0.1) is 11.6 Å². The summed E-state index contributed by atoms with van der Waals surface area (Å²) in [6.07, 6.45) is 7.38. The van der Waals surface area contributed by atoms with Crippen molar-refractivity contribution in [2.75, 3.05) is 13.1 Å². The van der Waals surface area contributed by atoms with E-state index in [2.05, 4.69) is 36.9 Å². The monoisotopic (exact) mass is 311 g/mol. The molecular formula is C20H29N3. The SMILES string of the molecule is CC1(C)CN(CCC2(N)CCCCC2)Cc2cc(C#N)ccc21. The summed E-state index contributed by atoms with van der Waals surface area (Å²) in [5.74, 6) is 0. The van der Waals surface area contributed by atoms with Crippen molar-refractivity contribution in [1.29, 1.82) is 5.26 Å². The van der Waals surface area contributed by atoms with Crippen LogP contribution in [0, 0.1) is 11.3 Å². The minimum atomic E-state index is 0.0528. The number of benzene rings is 1. The molecule has 2 N–H and O–H groups in total. The summed E-state index contributed by atoms with van der Waals surface area (Å²) in [6, 6.07) is 8.44. The van der Waals surface area contributed by atoms with Gasteiger partial charge < -0.3 is 5.73 Å². The van der Waals surface area contributed by atoms with Crippen molar-refractivity contribution in [3.8, 4) is 6.07 Å². The average Bonchev–Trinajstić information content (AvgIpc) is 2.52. The maximum atomic E-state index is 9.16. The van der Waals surface area contributed by atoms with Gasteiger partial charge in [0.15, 0.2) is 0 Å². The molecule has 1 fully saturated rings. The molecule has 1 saturated carbocycles. The molecule has 0 radical (unpaired) electrons. The van der Waals surface area contributed by atoms with Crippen LogP contribution in [0.2, 0.25) is 0 Å². The Morgan fingerprint density at radius 1 is 1.22 bits per heavy atom. The molecule has 3 nitrogen and oxygen atoms in total. The Bertz CT molecular complexity index is 606. The van der Waals surface area contributed by atoms with Gasteiger partial charge in [-0.05, 0) is 42.5 Å². The molecule has 1 aliphatic heterocycles. The van der Waals surface area contributed by atoms with Gasteiger partial charge in [0.2, 0.25) is 0 Å². The van der Waals surface area contributed by atoms with Crippen LogP contribution in [-0.2, 0) is 12.0 Å². The Morgan fingerprint density at radius 3 is 2.65 bits per heavy atom. The third-order valence-corrected chi connectivity index (χ3v) is 5.75. The first-order valence-electron chi connectivity index (χ1n) is 8.97. The molecule has 0 atom stereocenters. The summed E-state index contributed by atoms with van der Waals surface area (Å²) in [5.41, 5.74) is 10.3. The Balaban J connectivity index is 1.72. The predicted molar refractivity (Wildman–Crippen MR) is 94.1 cm³/mol. The van der Waals surface area contributed by atoms with Crippen LogP contribution in [0.4, 0.5) is 0 Å². The lowest BCUT2D eigenvalue weighted by molar-refractivity contribution is 0.162. The van der Waals surface area contributed by atoms with Gasteiger partial charge in [-0.2, -0.15) is 5.26 Å². The van der Waals surface area contributed by atoms with Gasteiger partial charge in [0.25, 0.3) is 0 Å². The van der Waals surface area contributed by atoms with Gasteiger partial charge in [-0.1, -0.05) is 39.2 Å². The number of nitriles is 1. The Labute approximate surface area is 140 Å². The van der Waals surface area contributed by atoms with E-state index in [4.69, 9.17) is 11.0 Å². The van der Waals surface area contributed by atoms with Crippen molar-refractivity contribution >= 4 is 0 Å². The number of hydrogen-bond acceptors (Lipinski definition) is 3. The van der Waals surface area contributed by atoms with E-state index in [1.807, 2.05) is 6.07 Å². The summed E-state index contributed by atoms with van der Waals surface area (Å²) >= 11 is 0. The van der Waals surface area contributed by atoms with Gasteiger partial charge >= 0.3 is 0 Å². The second-order valence-corrected chi connectivity index (χ2v) is 8.25. The van der Waals surface area contributed by atoms with E-state index in [-0.39, 0.29) is 11.0 Å². The van der Waals surface area contributed by atoms with Crippen LogP contribution in [0.1, 0.15) is 69.1 Å².